The molecule has 25 heavy (non-hydrogen) atoms. The van der Waals surface area contributed by atoms with Crippen LogP contribution in [0.2, 0.25) is 5.02 Å². The molecular weight excluding hydrogens is 336 g/mol. The largest absolute Gasteiger partial charge is 0.355 e. The average Bonchev–Trinajstić information content (AvgIpc) is 2.62. The van der Waals surface area contributed by atoms with Crippen molar-refractivity contribution < 1.29 is 4.79 Å². The third-order valence-electron chi connectivity index (χ3n) is 3.61. The van der Waals surface area contributed by atoms with Gasteiger partial charge in [0.05, 0.1) is 0 Å². The minimum Gasteiger partial charge on any atom is -0.355 e. The predicted octanol–water partition coefficient (Wildman–Crippen LogP) is 2.74. The van der Waals surface area contributed by atoms with Crippen molar-refractivity contribution in [1.82, 2.24) is 16.0 Å². The fourth-order valence-corrected chi connectivity index (χ4v) is 2.49. The number of guanidine groups is 1. The van der Waals surface area contributed by atoms with Gasteiger partial charge in [-0.15, -0.1) is 0 Å². The van der Waals surface area contributed by atoms with Gasteiger partial charge in [0.15, 0.2) is 5.96 Å². The van der Waals surface area contributed by atoms with Gasteiger partial charge in [-0.1, -0.05) is 47.5 Å². The molecule has 1 amide bonds. The Bertz CT molecular complexity index is 746. The van der Waals surface area contributed by atoms with Gasteiger partial charge in [-0.3, -0.25) is 9.79 Å². The third-order valence-corrected chi connectivity index (χ3v) is 3.98. The Kier molecular flexibility index (Phi) is 7.29. The molecular formula is C19H23ClN4O. The number of carbonyl (C=O) groups is 1. The number of nitrogens with one attached hydrogen (secondary N) is 3. The number of nitrogens with zero attached hydrogens (tertiary/aromatic N) is 1. The molecule has 0 unspecified atom stereocenters. The Hall–Kier alpha value is -2.53. The molecule has 0 saturated carbocycles. The summed E-state index contributed by atoms with van der Waals surface area (Å²) in [5, 5.41) is 9.96. The van der Waals surface area contributed by atoms with Crippen molar-refractivity contribution in [3.8, 4) is 0 Å². The zero-order valence-electron chi connectivity index (χ0n) is 14.5. The molecule has 0 aliphatic heterocycles. The van der Waals surface area contributed by atoms with Gasteiger partial charge in [0.25, 0.3) is 5.91 Å². The number of aliphatic imine (C=N–C) groups is 1. The molecule has 3 N–H and O–H groups in total. The zero-order valence-corrected chi connectivity index (χ0v) is 15.2. The molecule has 0 aromatic heterocycles. The normalized spacial score (nSPS) is 11.1. The fourth-order valence-electron chi connectivity index (χ4n) is 2.29. The Morgan fingerprint density at radius 1 is 1.04 bits per heavy atom. The molecule has 0 aliphatic rings. The number of aryl methyl sites for hydroxylation is 1. The molecule has 0 saturated heterocycles. The highest BCUT2D eigenvalue weighted by molar-refractivity contribution is 6.31. The van der Waals surface area contributed by atoms with Gasteiger partial charge in [-0.2, -0.15) is 0 Å². The topological polar surface area (TPSA) is 65.5 Å². The summed E-state index contributed by atoms with van der Waals surface area (Å²) in [6.45, 7) is 3.61. The van der Waals surface area contributed by atoms with Crippen LogP contribution in [0.25, 0.3) is 0 Å². The van der Waals surface area contributed by atoms with E-state index in [1.165, 1.54) is 0 Å². The highest BCUT2D eigenvalue weighted by Gasteiger charge is 2.05. The van der Waals surface area contributed by atoms with Crippen LogP contribution in [0.3, 0.4) is 0 Å². The summed E-state index contributed by atoms with van der Waals surface area (Å²) in [5.41, 5.74) is 2.73. The first-order valence-electron chi connectivity index (χ1n) is 8.13. The van der Waals surface area contributed by atoms with E-state index in [4.69, 9.17) is 11.6 Å². The van der Waals surface area contributed by atoms with E-state index < -0.39 is 0 Å². The van der Waals surface area contributed by atoms with E-state index in [9.17, 15) is 4.79 Å². The van der Waals surface area contributed by atoms with Gasteiger partial charge in [0.1, 0.15) is 0 Å². The van der Waals surface area contributed by atoms with Gasteiger partial charge in [-0.25, -0.2) is 0 Å². The standard InChI is InChI=1S/C19H23ClN4O/c1-14-6-5-8-15(12-14)18(25)22-10-11-23-19(21-2)24-13-16-7-3-4-9-17(16)20/h3-9,12H,10-11,13H2,1-2H3,(H,22,25)(H2,21,23,24). The summed E-state index contributed by atoms with van der Waals surface area (Å²) in [5.74, 6) is 0.578. The monoisotopic (exact) mass is 358 g/mol. The Balaban J connectivity index is 1.72. The number of rotatable bonds is 6. The van der Waals surface area contributed by atoms with Crippen LogP contribution in [0, 0.1) is 6.92 Å². The first-order chi connectivity index (χ1) is 12.1. The number of benzene rings is 2. The van der Waals surface area contributed by atoms with E-state index in [0.717, 1.165) is 16.1 Å². The molecule has 2 aromatic carbocycles. The lowest BCUT2D eigenvalue weighted by Gasteiger charge is -2.13. The van der Waals surface area contributed by atoms with Crippen molar-refractivity contribution in [2.45, 2.75) is 13.5 Å². The van der Waals surface area contributed by atoms with Crippen LogP contribution in [-0.2, 0) is 6.54 Å². The summed E-state index contributed by atoms with van der Waals surface area (Å²) in [4.78, 5) is 16.2. The number of carbonyl (C=O) groups excluding carboxylic acids is 1. The highest BCUT2D eigenvalue weighted by atomic mass is 35.5. The van der Waals surface area contributed by atoms with Crippen LogP contribution >= 0.6 is 11.6 Å². The lowest BCUT2D eigenvalue weighted by atomic mass is 10.1. The molecule has 0 radical (unpaired) electrons. The molecule has 2 rings (SSSR count). The van der Waals surface area contributed by atoms with Crippen LogP contribution in [0.15, 0.2) is 53.5 Å². The van der Waals surface area contributed by atoms with Gasteiger partial charge in [0.2, 0.25) is 0 Å². The molecule has 0 spiro atoms. The average molecular weight is 359 g/mol. The second kappa shape index (κ2) is 9.69. The zero-order chi connectivity index (χ0) is 18.1. The van der Waals surface area contributed by atoms with Crippen molar-refractivity contribution in [3.05, 3.63) is 70.2 Å². The van der Waals surface area contributed by atoms with Crippen molar-refractivity contribution >= 4 is 23.5 Å². The molecule has 0 fully saturated rings. The molecule has 0 heterocycles. The first kappa shape index (κ1) is 18.8. The molecule has 2 aromatic rings. The maximum Gasteiger partial charge on any atom is 0.251 e. The van der Waals surface area contributed by atoms with Gasteiger partial charge >= 0.3 is 0 Å². The van der Waals surface area contributed by atoms with Crippen molar-refractivity contribution in [2.24, 2.45) is 4.99 Å². The first-order valence-corrected chi connectivity index (χ1v) is 8.50. The fraction of sp³-hybridized carbons (Fsp3) is 0.263. The van der Waals surface area contributed by atoms with E-state index in [-0.39, 0.29) is 5.91 Å². The summed E-state index contributed by atoms with van der Waals surface area (Å²) in [7, 11) is 1.70. The van der Waals surface area contributed by atoms with Gasteiger partial charge < -0.3 is 16.0 Å². The SMILES string of the molecule is CN=C(NCCNC(=O)c1cccc(C)c1)NCc1ccccc1Cl. The van der Waals surface area contributed by atoms with Crippen LogP contribution < -0.4 is 16.0 Å². The van der Waals surface area contributed by atoms with Crippen molar-refractivity contribution in [2.75, 3.05) is 20.1 Å². The lowest BCUT2D eigenvalue weighted by Crippen LogP contribution is -2.41. The second-order valence-corrected chi connectivity index (χ2v) is 5.98. The van der Waals surface area contributed by atoms with E-state index in [0.29, 0.717) is 31.2 Å². The number of hydrogen-bond acceptors (Lipinski definition) is 2. The lowest BCUT2D eigenvalue weighted by molar-refractivity contribution is 0.0954. The Labute approximate surface area is 153 Å². The van der Waals surface area contributed by atoms with E-state index in [1.54, 1.807) is 13.1 Å². The molecule has 0 bridgehead atoms. The number of hydrogen-bond donors (Lipinski definition) is 3. The van der Waals surface area contributed by atoms with Crippen molar-refractivity contribution in [1.29, 1.82) is 0 Å². The van der Waals surface area contributed by atoms with Crippen LogP contribution in [0.5, 0.6) is 0 Å². The summed E-state index contributed by atoms with van der Waals surface area (Å²) >= 11 is 6.13. The Morgan fingerprint density at radius 2 is 1.80 bits per heavy atom. The maximum atomic E-state index is 12.1. The van der Waals surface area contributed by atoms with E-state index >= 15 is 0 Å². The molecule has 132 valence electrons. The van der Waals surface area contributed by atoms with Crippen molar-refractivity contribution in [3.63, 3.8) is 0 Å². The minimum absolute atomic E-state index is 0.0792. The molecule has 0 aliphatic carbocycles. The minimum atomic E-state index is -0.0792. The second-order valence-electron chi connectivity index (χ2n) is 5.57. The molecule has 5 nitrogen and oxygen atoms in total. The summed E-state index contributed by atoms with van der Waals surface area (Å²) in [6.07, 6.45) is 0. The van der Waals surface area contributed by atoms with E-state index in [1.807, 2.05) is 49.4 Å². The third kappa shape index (κ3) is 6.12. The van der Waals surface area contributed by atoms with E-state index in [2.05, 4.69) is 20.9 Å². The number of amides is 1. The maximum absolute atomic E-state index is 12.1. The number of halogens is 1. The van der Waals surface area contributed by atoms with Gasteiger partial charge in [-0.05, 0) is 30.7 Å². The Morgan fingerprint density at radius 3 is 2.52 bits per heavy atom. The summed E-state index contributed by atoms with van der Waals surface area (Å²) in [6, 6.07) is 15.2. The highest BCUT2D eigenvalue weighted by Crippen LogP contribution is 2.14. The smallest absolute Gasteiger partial charge is 0.251 e. The molecule has 6 heteroatoms. The molecule has 0 atom stereocenters. The summed E-state index contributed by atoms with van der Waals surface area (Å²) < 4.78 is 0. The van der Waals surface area contributed by atoms with Crippen LogP contribution in [0.4, 0.5) is 0 Å². The quantitative estimate of drug-likeness (QED) is 0.422. The van der Waals surface area contributed by atoms with Crippen LogP contribution in [-0.4, -0.2) is 32.0 Å². The van der Waals surface area contributed by atoms with Crippen LogP contribution in [0.1, 0.15) is 21.5 Å². The predicted molar refractivity (Wildman–Crippen MR) is 103 cm³/mol. The van der Waals surface area contributed by atoms with Gasteiger partial charge in [0, 0.05) is 37.3 Å².